The lowest BCUT2D eigenvalue weighted by Gasteiger charge is -2.16. The molecule has 1 aliphatic rings. The molecule has 0 fully saturated rings. The fourth-order valence-corrected chi connectivity index (χ4v) is 3.28. The molecule has 1 unspecified atom stereocenters. The summed E-state index contributed by atoms with van der Waals surface area (Å²) in [5.41, 5.74) is 3.74. The fourth-order valence-electron chi connectivity index (χ4n) is 3.28. The molecule has 1 N–H and O–H groups in total. The van der Waals surface area contributed by atoms with Gasteiger partial charge in [-0.3, -0.25) is 4.79 Å². The van der Waals surface area contributed by atoms with Crippen LogP contribution in [-0.2, 0) is 6.54 Å². The standard InChI is InChI=1S/C21H21N5O/c1-3-26-13-18-17(21(26)27)9-10-22-20(18)25-14(2)19-23-11-16(12-24-19)15-7-5-4-6-8-15/h4-12,14H,3,13H2,1-2H3,(H,22,25). The average Bonchev–Trinajstić information content (AvgIpc) is 3.06. The van der Waals surface area contributed by atoms with E-state index in [2.05, 4.69) is 20.3 Å². The Kier molecular flexibility index (Phi) is 4.54. The van der Waals surface area contributed by atoms with Crippen molar-refractivity contribution in [1.29, 1.82) is 0 Å². The average molecular weight is 359 g/mol. The van der Waals surface area contributed by atoms with E-state index >= 15 is 0 Å². The van der Waals surface area contributed by atoms with Crippen LogP contribution >= 0.6 is 0 Å². The molecule has 0 aliphatic carbocycles. The SMILES string of the molecule is CCN1Cc2c(ccnc2NC(C)c2ncc(-c3ccccc3)cn2)C1=O. The number of rotatable bonds is 5. The van der Waals surface area contributed by atoms with Crippen LogP contribution in [0.3, 0.4) is 0 Å². The number of carbonyl (C=O) groups is 1. The van der Waals surface area contributed by atoms with Crippen LogP contribution in [0.4, 0.5) is 5.82 Å². The van der Waals surface area contributed by atoms with Crippen molar-refractivity contribution < 1.29 is 4.79 Å². The first-order valence-corrected chi connectivity index (χ1v) is 9.08. The maximum absolute atomic E-state index is 12.4. The van der Waals surface area contributed by atoms with Gasteiger partial charge in [-0.2, -0.15) is 0 Å². The molecule has 6 heteroatoms. The first-order valence-electron chi connectivity index (χ1n) is 9.08. The quantitative estimate of drug-likeness (QED) is 0.752. The summed E-state index contributed by atoms with van der Waals surface area (Å²) in [6, 6.07) is 11.7. The van der Waals surface area contributed by atoms with E-state index < -0.39 is 0 Å². The monoisotopic (exact) mass is 359 g/mol. The summed E-state index contributed by atoms with van der Waals surface area (Å²) < 4.78 is 0. The number of anilines is 1. The Morgan fingerprint density at radius 1 is 1.07 bits per heavy atom. The second-order valence-electron chi connectivity index (χ2n) is 6.57. The van der Waals surface area contributed by atoms with Gasteiger partial charge in [0.1, 0.15) is 11.6 Å². The zero-order chi connectivity index (χ0) is 18.8. The summed E-state index contributed by atoms with van der Waals surface area (Å²) in [4.78, 5) is 27.6. The van der Waals surface area contributed by atoms with Gasteiger partial charge < -0.3 is 10.2 Å². The molecule has 1 aliphatic heterocycles. The first kappa shape index (κ1) is 17.1. The van der Waals surface area contributed by atoms with Gasteiger partial charge in [0.05, 0.1) is 12.6 Å². The van der Waals surface area contributed by atoms with E-state index in [9.17, 15) is 4.79 Å². The molecular weight excluding hydrogens is 338 g/mol. The smallest absolute Gasteiger partial charge is 0.254 e. The largest absolute Gasteiger partial charge is 0.360 e. The van der Waals surface area contributed by atoms with E-state index in [1.807, 2.05) is 61.5 Å². The van der Waals surface area contributed by atoms with Gasteiger partial charge in [0.2, 0.25) is 0 Å². The molecule has 6 nitrogen and oxygen atoms in total. The zero-order valence-corrected chi connectivity index (χ0v) is 15.4. The molecular formula is C21H21N5O. The molecule has 0 saturated carbocycles. The lowest BCUT2D eigenvalue weighted by molar-refractivity contribution is 0.0787. The van der Waals surface area contributed by atoms with Gasteiger partial charge in [0.25, 0.3) is 5.91 Å². The number of nitrogens with zero attached hydrogens (tertiary/aromatic N) is 4. The first-order chi connectivity index (χ1) is 13.2. The summed E-state index contributed by atoms with van der Waals surface area (Å²) in [5, 5.41) is 3.37. The number of carbonyl (C=O) groups excluding carboxylic acids is 1. The molecule has 1 amide bonds. The van der Waals surface area contributed by atoms with E-state index in [-0.39, 0.29) is 11.9 Å². The summed E-state index contributed by atoms with van der Waals surface area (Å²) >= 11 is 0. The number of hydrogen-bond acceptors (Lipinski definition) is 5. The fraction of sp³-hybridized carbons (Fsp3) is 0.238. The number of fused-ring (bicyclic) bond motifs is 1. The minimum absolute atomic E-state index is 0.0640. The second-order valence-corrected chi connectivity index (χ2v) is 6.57. The Hall–Kier alpha value is -3.28. The van der Waals surface area contributed by atoms with Crippen LogP contribution in [0.2, 0.25) is 0 Å². The lowest BCUT2D eigenvalue weighted by atomic mass is 10.1. The number of amides is 1. The Labute approximate surface area is 158 Å². The number of pyridine rings is 1. The second kappa shape index (κ2) is 7.15. The molecule has 1 aromatic carbocycles. The molecule has 0 bridgehead atoms. The highest BCUT2D eigenvalue weighted by atomic mass is 16.2. The Balaban J connectivity index is 1.54. The minimum atomic E-state index is -0.125. The van der Waals surface area contributed by atoms with Crippen LogP contribution in [0.15, 0.2) is 55.0 Å². The van der Waals surface area contributed by atoms with E-state index in [0.717, 1.165) is 28.1 Å². The highest BCUT2D eigenvalue weighted by molar-refractivity contribution is 5.99. The molecule has 27 heavy (non-hydrogen) atoms. The van der Waals surface area contributed by atoms with Gasteiger partial charge >= 0.3 is 0 Å². The molecule has 3 aromatic rings. The maximum atomic E-state index is 12.4. The van der Waals surface area contributed by atoms with Crippen molar-refractivity contribution in [3.05, 3.63) is 71.9 Å². The summed E-state index contributed by atoms with van der Waals surface area (Å²) in [5.74, 6) is 1.47. The summed E-state index contributed by atoms with van der Waals surface area (Å²) in [6.07, 6.45) is 5.34. The molecule has 4 rings (SSSR count). The van der Waals surface area contributed by atoms with Gasteiger partial charge in [0.15, 0.2) is 0 Å². The van der Waals surface area contributed by atoms with Crippen LogP contribution in [0, 0.1) is 0 Å². The molecule has 0 radical (unpaired) electrons. The molecule has 1 atom stereocenters. The van der Waals surface area contributed by atoms with Crippen LogP contribution < -0.4 is 5.32 Å². The van der Waals surface area contributed by atoms with Crippen LogP contribution in [-0.4, -0.2) is 32.3 Å². The van der Waals surface area contributed by atoms with Crippen LogP contribution in [0.5, 0.6) is 0 Å². The molecule has 3 heterocycles. The van der Waals surface area contributed by atoms with Crippen LogP contribution in [0.1, 0.15) is 41.6 Å². The van der Waals surface area contributed by atoms with Gasteiger partial charge in [0, 0.05) is 41.8 Å². The third-order valence-corrected chi connectivity index (χ3v) is 4.82. The number of nitrogens with one attached hydrogen (secondary N) is 1. The summed E-state index contributed by atoms with van der Waals surface area (Å²) in [6.45, 7) is 5.25. The van der Waals surface area contributed by atoms with Gasteiger partial charge in [-0.1, -0.05) is 30.3 Å². The van der Waals surface area contributed by atoms with Gasteiger partial charge in [-0.05, 0) is 25.5 Å². The van der Waals surface area contributed by atoms with E-state index in [4.69, 9.17) is 0 Å². The van der Waals surface area contributed by atoms with E-state index in [1.165, 1.54) is 0 Å². The normalized spacial score (nSPS) is 14.1. The van der Waals surface area contributed by atoms with Crippen LogP contribution in [0.25, 0.3) is 11.1 Å². The molecule has 0 spiro atoms. The topological polar surface area (TPSA) is 71.0 Å². The predicted octanol–water partition coefficient (Wildman–Crippen LogP) is 3.69. The van der Waals surface area contributed by atoms with Crippen molar-refractivity contribution in [2.45, 2.75) is 26.4 Å². The summed E-state index contributed by atoms with van der Waals surface area (Å²) in [7, 11) is 0. The molecule has 136 valence electrons. The third-order valence-electron chi connectivity index (χ3n) is 4.82. The van der Waals surface area contributed by atoms with E-state index in [1.54, 1.807) is 12.3 Å². The molecule has 2 aromatic heterocycles. The van der Waals surface area contributed by atoms with Crippen molar-refractivity contribution in [3.8, 4) is 11.1 Å². The van der Waals surface area contributed by atoms with Crippen molar-refractivity contribution in [1.82, 2.24) is 19.9 Å². The van der Waals surface area contributed by atoms with Crippen molar-refractivity contribution in [2.75, 3.05) is 11.9 Å². The highest BCUT2D eigenvalue weighted by Gasteiger charge is 2.29. The maximum Gasteiger partial charge on any atom is 0.254 e. The van der Waals surface area contributed by atoms with Crippen molar-refractivity contribution in [2.24, 2.45) is 0 Å². The number of hydrogen-bond donors (Lipinski definition) is 1. The lowest BCUT2D eigenvalue weighted by Crippen LogP contribution is -2.22. The van der Waals surface area contributed by atoms with Gasteiger partial charge in [-0.15, -0.1) is 0 Å². The Morgan fingerprint density at radius 2 is 1.81 bits per heavy atom. The number of benzene rings is 1. The number of aromatic nitrogens is 3. The minimum Gasteiger partial charge on any atom is -0.360 e. The van der Waals surface area contributed by atoms with Crippen molar-refractivity contribution in [3.63, 3.8) is 0 Å². The van der Waals surface area contributed by atoms with E-state index in [0.29, 0.717) is 18.9 Å². The highest BCUT2D eigenvalue weighted by Crippen LogP contribution is 2.29. The molecule has 0 saturated heterocycles. The van der Waals surface area contributed by atoms with Gasteiger partial charge in [-0.25, -0.2) is 15.0 Å². The zero-order valence-electron chi connectivity index (χ0n) is 15.4. The Bertz CT molecular complexity index is 956. The predicted molar refractivity (Wildman–Crippen MR) is 104 cm³/mol. The third kappa shape index (κ3) is 3.26. The Morgan fingerprint density at radius 3 is 2.52 bits per heavy atom. The van der Waals surface area contributed by atoms with Crippen molar-refractivity contribution >= 4 is 11.7 Å².